The summed E-state index contributed by atoms with van der Waals surface area (Å²) in [6, 6.07) is 16.5. The zero-order valence-electron chi connectivity index (χ0n) is 20.5. The number of hydrogen-bond donors (Lipinski definition) is 2. The molecule has 1 aliphatic rings. The third-order valence-corrected chi connectivity index (χ3v) is 6.35. The standard InChI is InChI=1S/C27H27FN4O5/c1-31(2)15-3-14-27(21-7-9-22(28)10-8-21)24-13-6-19(16-20(24)17-37-27)26(34)30-29-25(33)18-4-11-23(12-5-18)32(35)36/h4-13,16H,3,14-15,17H2,1-2H3,(H,29,33)(H,30,34). The van der Waals surface area contributed by atoms with Gasteiger partial charge < -0.3 is 9.64 Å². The molecule has 3 aromatic rings. The summed E-state index contributed by atoms with van der Waals surface area (Å²) in [5.41, 5.74) is 6.89. The van der Waals surface area contributed by atoms with Crippen LogP contribution in [0.1, 0.15) is 50.2 Å². The number of benzene rings is 3. The van der Waals surface area contributed by atoms with E-state index in [0.29, 0.717) is 12.0 Å². The van der Waals surface area contributed by atoms with Gasteiger partial charge in [0.2, 0.25) is 0 Å². The lowest BCUT2D eigenvalue weighted by atomic mass is 9.81. The Morgan fingerprint density at radius 1 is 1.00 bits per heavy atom. The van der Waals surface area contributed by atoms with Gasteiger partial charge in [-0.15, -0.1) is 0 Å². The molecule has 0 aliphatic carbocycles. The van der Waals surface area contributed by atoms with E-state index < -0.39 is 22.3 Å². The van der Waals surface area contributed by atoms with E-state index in [1.807, 2.05) is 20.2 Å². The van der Waals surface area contributed by atoms with Gasteiger partial charge in [0.05, 0.1) is 11.5 Å². The van der Waals surface area contributed by atoms with Crippen molar-refractivity contribution < 1.29 is 23.6 Å². The van der Waals surface area contributed by atoms with E-state index in [4.69, 9.17) is 4.74 Å². The van der Waals surface area contributed by atoms with Crippen molar-refractivity contribution >= 4 is 17.5 Å². The summed E-state index contributed by atoms with van der Waals surface area (Å²) in [5, 5.41) is 10.8. The topological polar surface area (TPSA) is 114 Å². The van der Waals surface area contributed by atoms with Gasteiger partial charge in [-0.2, -0.15) is 0 Å². The first kappa shape index (κ1) is 25.9. The number of halogens is 1. The molecule has 0 bridgehead atoms. The van der Waals surface area contributed by atoms with Crippen molar-refractivity contribution in [1.29, 1.82) is 0 Å². The van der Waals surface area contributed by atoms with Gasteiger partial charge >= 0.3 is 0 Å². The molecule has 1 unspecified atom stereocenters. The van der Waals surface area contributed by atoms with E-state index >= 15 is 0 Å². The molecule has 4 rings (SSSR count). The minimum atomic E-state index is -0.752. The number of hydrazine groups is 1. The van der Waals surface area contributed by atoms with Crippen LogP contribution in [0.4, 0.5) is 10.1 Å². The fourth-order valence-corrected chi connectivity index (χ4v) is 4.47. The average molecular weight is 507 g/mol. The number of nitrogens with one attached hydrogen (secondary N) is 2. The number of fused-ring (bicyclic) bond motifs is 1. The van der Waals surface area contributed by atoms with Gasteiger partial charge in [0.1, 0.15) is 11.4 Å². The maximum atomic E-state index is 13.6. The molecule has 0 spiro atoms. The number of nitrogens with zero attached hydrogens (tertiary/aromatic N) is 2. The van der Waals surface area contributed by atoms with E-state index in [0.717, 1.165) is 29.7 Å². The van der Waals surface area contributed by atoms with Crippen LogP contribution in [0.15, 0.2) is 66.7 Å². The third kappa shape index (κ3) is 5.65. The number of non-ortho nitro benzene ring substituents is 1. The number of hydrogen-bond acceptors (Lipinski definition) is 6. The fourth-order valence-electron chi connectivity index (χ4n) is 4.47. The number of nitro benzene ring substituents is 1. The van der Waals surface area contributed by atoms with Gasteiger partial charge in [-0.25, -0.2) is 4.39 Å². The first-order valence-electron chi connectivity index (χ1n) is 11.7. The molecule has 0 aromatic heterocycles. The minimum absolute atomic E-state index is 0.139. The van der Waals surface area contributed by atoms with Crippen molar-refractivity contribution in [3.05, 3.63) is 110 Å². The second kappa shape index (κ2) is 10.9. The molecule has 2 amide bonds. The monoisotopic (exact) mass is 506 g/mol. The number of amides is 2. The molecule has 2 N–H and O–H groups in total. The average Bonchev–Trinajstić information content (AvgIpc) is 3.26. The number of nitro groups is 1. The molecule has 192 valence electrons. The summed E-state index contributed by atoms with van der Waals surface area (Å²) in [6.07, 6.45) is 1.53. The van der Waals surface area contributed by atoms with Crippen molar-refractivity contribution in [1.82, 2.24) is 15.8 Å². The van der Waals surface area contributed by atoms with Crippen LogP contribution in [-0.2, 0) is 16.9 Å². The maximum Gasteiger partial charge on any atom is 0.269 e. The van der Waals surface area contributed by atoms with Crippen LogP contribution < -0.4 is 10.9 Å². The SMILES string of the molecule is CN(C)CCCC1(c2ccc(F)cc2)OCc2cc(C(=O)NNC(=O)c3ccc([N+](=O)[O-])cc3)ccc21. The molecule has 0 radical (unpaired) electrons. The Kier molecular flexibility index (Phi) is 7.61. The van der Waals surface area contributed by atoms with E-state index in [2.05, 4.69) is 15.8 Å². The molecule has 1 heterocycles. The highest BCUT2D eigenvalue weighted by molar-refractivity contribution is 5.99. The summed E-state index contributed by atoms with van der Waals surface area (Å²) in [4.78, 5) is 37.4. The summed E-state index contributed by atoms with van der Waals surface area (Å²) in [6.45, 7) is 1.14. The van der Waals surface area contributed by atoms with Gasteiger partial charge in [-0.3, -0.25) is 30.6 Å². The summed E-state index contributed by atoms with van der Waals surface area (Å²) >= 11 is 0. The van der Waals surface area contributed by atoms with E-state index in [1.54, 1.807) is 24.3 Å². The highest BCUT2D eigenvalue weighted by Crippen LogP contribution is 2.45. The van der Waals surface area contributed by atoms with E-state index in [9.17, 15) is 24.1 Å². The Morgan fingerprint density at radius 3 is 2.24 bits per heavy atom. The molecular formula is C27H27FN4O5. The van der Waals surface area contributed by atoms with Crippen LogP contribution in [0.2, 0.25) is 0 Å². The Balaban J connectivity index is 1.50. The highest BCUT2D eigenvalue weighted by Gasteiger charge is 2.41. The Bertz CT molecular complexity index is 1310. The first-order chi connectivity index (χ1) is 17.7. The van der Waals surface area contributed by atoms with E-state index in [-0.39, 0.29) is 23.7 Å². The van der Waals surface area contributed by atoms with Crippen molar-refractivity contribution in [2.45, 2.75) is 25.0 Å². The second-order valence-electron chi connectivity index (χ2n) is 9.11. The van der Waals surface area contributed by atoms with Gasteiger partial charge in [-0.05, 0) is 86.6 Å². The third-order valence-electron chi connectivity index (χ3n) is 6.35. The lowest BCUT2D eigenvalue weighted by Crippen LogP contribution is -2.41. The van der Waals surface area contributed by atoms with Crippen molar-refractivity contribution in [3.8, 4) is 0 Å². The van der Waals surface area contributed by atoms with Crippen LogP contribution in [0, 0.1) is 15.9 Å². The number of ether oxygens (including phenoxy) is 1. The molecule has 1 atom stereocenters. The number of rotatable bonds is 8. The molecule has 0 saturated carbocycles. The van der Waals surface area contributed by atoms with Gasteiger partial charge in [-0.1, -0.05) is 18.2 Å². The second-order valence-corrected chi connectivity index (χ2v) is 9.11. The van der Waals surface area contributed by atoms with Crippen molar-refractivity contribution in [3.63, 3.8) is 0 Å². The molecule has 1 aliphatic heterocycles. The largest absolute Gasteiger partial charge is 0.361 e. The first-order valence-corrected chi connectivity index (χ1v) is 11.7. The van der Waals surface area contributed by atoms with Crippen molar-refractivity contribution in [2.24, 2.45) is 0 Å². The molecule has 10 heteroatoms. The van der Waals surface area contributed by atoms with Gasteiger partial charge in [0, 0.05) is 23.3 Å². The highest BCUT2D eigenvalue weighted by atomic mass is 19.1. The minimum Gasteiger partial charge on any atom is -0.361 e. The maximum absolute atomic E-state index is 13.6. The Morgan fingerprint density at radius 2 is 1.62 bits per heavy atom. The molecule has 0 fully saturated rings. The van der Waals surface area contributed by atoms with Crippen molar-refractivity contribution in [2.75, 3.05) is 20.6 Å². The smallest absolute Gasteiger partial charge is 0.269 e. The van der Waals surface area contributed by atoms with E-state index in [1.165, 1.54) is 36.4 Å². The zero-order chi connectivity index (χ0) is 26.6. The lowest BCUT2D eigenvalue weighted by molar-refractivity contribution is -0.384. The zero-order valence-corrected chi connectivity index (χ0v) is 20.5. The lowest BCUT2D eigenvalue weighted by Gasteiger charge is -2.31. The van der Waals surface area contributed by atoms with Crippen LogP contribution in [0.3, 0.4) is 0 Å². The molecule has 9 nitrogen and oxygen atoms in total. The Labute approximate surface area is 213 Å². The van der Waals surface area contributed by atoms with Crippen LogP contribution in [0.25, 0.3) is 0 Å². The van der Waals surface area contributed by atoms with Crippen LogP contribution in [-0.4, -0.2) is 42.3 Å². The Hall–Kier alpha value is -4.15. The summed E-state index contributed by atoms with van der Waals surface area (Å²) in [7, 11) is 4.00. The van der Waals surface area contributed by atoms with Crippen LogP contribution >= 0.6 is 0 Å². The number of carbonyl (C=O) groups is 2. The number of carbonyl (C=O) groups excluding carboxylic acids is 2. The van der Waals surface area contributed by atoms with Gasteiger partial charge in [0.25, 0.3) is 17.5 Å². The molecular weight excluding hydrogens is 479 g/mol. The normalized spacial score (nSPS) is 16.3. The van der Waals surface area contributed by atoms with Gasteiger partial charge in [0.15, 0.2) is 0 Å². The molecule has 0 saturated heterocycles. The predicted octanol–water partition coefficient (Wildman–Crippen LogP) is 3.92. The quantitative estimate of drug-likeness (QED) is 0.354. The predicted molar refractivity (Wildman–Crippen MR) is 134 cm³/mol. The summed E-state index contributed by atoms with van der Waals surface area (Å²) < 4.78 is 20.0. The fraction of sp³-hybridized carbons (Fsp3) is 0.259. The summed E-state index contributed by atoms with van der Waals surface area (Å²) in [5.74, 6) is -1.46. The molecule has 3 aromatic carbocycles. The molecule has 37 heavy (non-hydrogen) atoms. The van der Waals surface area contributed by atoms with Crippen LogP contribution in [0.5, 0.6) is 0 Å².